The van der Waals surface area contributed by atoms with Gasteiger partial charge >= 0.3 is 0 Å². The zero-order chi connectivity index (χ0) is 12.5. The predicted octanol–water partition coefficient (Wildman–Crippen LogP) is 3.21. The summed E-state index contributed by atoms with van der Waals surface area (Å²) in [5.41, 5.74) is 0. The zero-order valence-electron chi connectivity index (χ0n) is 10.4. The molecule has 1 unspecified atom stereocenters. The first kappa shape index (κ1) is 15.1. The van der Waals surface area contributed by atoms with Crippen LogP contribution in [0.4, 0.5) is 0 Å². The summed E-state index contributed by atoms with van der Waals surface area (Å²) in [6.07, 6.45) is 1.03. The van der Waals surface area contributed by atoms with Crippen molar-refractivity contribution in [1.29, 1.82) is 0 Å². The predicted molar refractivity (Wildman–Crippen MR) is 75.7 cm³/mol. The van der Waals surface area contributed by atoms with Gasteiger partial charge < -0.3 is 14.8 Å². The molecule has 5 heteroatoms. The Hall–Kier alpha value is 0.0600. The Morgan fingerprint density at radius 1 is 1.35 bits per heavy atom. The lowest BCUT2D eigenvalue weighted by atomic mass is 10.2. The fraction of sp³-hybridized carbons (Fsp3) is 0.667. The molecule has 1 heterocycles. The maximum atomic E-state index is 5.40. The summed E-state index contributed by atoms with van der Waals surface area (Å²) in [6.45, 7) is 5.31. The molecule has 1 rings (SSSR count). The molecule has 1 atom stereocenters. The number of nitrogens with one attached hydrogen (secondary N) is 1. The summed E-state index contributed by atoms with van der Waals surface area (Å²) in [7, 11) is 1.69. The van der Waals surface area contributed by atoms with Gasteiger partial charge in [0.15, 0.2) is 0 Å². The third-order valence-electron chi connectivity index (χ3n) is 2.37. The van der Waals surface area contributed by atoms with Gasteiger partial charge in [-0.15, -0.1) is 11.3 Å². The minimum atomic E-state index is 0.408. The van der Waals surface area contributed by atoms with Crippen molar-refractivity contribution >= 4 is 27.3 Å². The lowest BCUT2D eigenvalue weighted by Gasteiger charge is -2.11. The molecule has 0 aliphatic heterocycles. The molecule has 1 aromatic rings. The molecule has 0 spiro atoms. The number of rotatable bonds is 9. The van der Waals surface area contributed by atoms with Crippen LogP contribution in [0.1, 0.15) is 24.3 Å². The van der Waals surface area contributed by atoms with Crippen molar-refractivity contribution in [2.75, 3.05) is 33.5 Å². The highest BCUT2D eigenvalue weighted by molar-refractivity contribution is 9.11. The Bertz CT molecular complexity index is 306. The molecule has 0 aromatic carbocycles. The van der Waals surface area contributed by atoms with E-state index in [2.05, 4.69) is 40.3 Å². The average molecular weight is 322 g/mol. The number of hydrogen-bond acceptors (Lipinski definition) is 4. The van der Waals surface area contributed by atoms with Gasteiger partial charge in [-0.1, -0.05) is 0 Å². The third-order valence-corrected chi connectivity index (χ3v) is 4.17. The monoisotopic (exact) mass is 321 g/mol. The SMILES string of the molecule is COCCOCCCNC(C)c1ccc(Br)s1. The van der Waals surface area contributed by atoms with Gasteiger partial charge in [0, 0.05) is 24.6 Å². The van der Waals surface area contributed by atoms with E-state index in [1.807, 2.05) is 0 Å². The van der Waals surface area contributed by atoms with Crippen LogP contribution in [0, 0.1) is 0 Å². The molecule has 0 fully saturated rings. The lowest BCUT2D eigenvalue weighted by molar-refractivity contribution is 0.0693. The van der Waals surface area contributed by atoms with Crippen LogP contribution in [0.3, 0.4) is 0 Å². The summed E-state index contributed by atoms with van der Waals surface area (Å²) < 4.78 is 11.5. The minimum absolute atomic E-state index is 0.408. The number of halogens is 1. The van der Waals surface area contributed by atoms with Crippen molar-refractivity contribution in [3.63, 3.8) is 0 Å². The second kappa shape index (κ2) is 9.05. The van der Waals surface area contributed by atoms with Crippen molar-refractivity contribution < 1.29 is 9.47 Å². The second-order valence-corrected chi connectivity index (χ2v) is 6.27. The van der Waals surface area contributed by atoms with Crippen molar-refractivity contribution in [2.45, 2.75) is 19.4 Å². The van der Waals surface area contributed by atoms with Crippen LogP contribution in [-0.4, -0.2) is 33.5 Å². The van der Waals surface area contributed by atoms with E-state index >= 15 is 0 Å². The van der Waals surface area contributed by atoms with E-state index in [0.29, 0.717) is 19.3 Å². The van der Waals surface area contributed by atoms with E-state index in [1.54, 1.807) is 18.4 Å². The first-order chi connectivity index (χ1) is 8.24. The van der Waals surface area contributed by atoms with Crippen LogP contribution >= 0.6 is 27.3 Å². The van der Waals surface area contributed by atoms with Crippen LogP contribution in [0.15, 0.2) is 15.9 Å². The molecule has 0 saturated carbocycles. The normalized spacial score (nSPS) is 12.9. The molecule has 17 heavy (non-hydrogen) atoms. The highest BCUT2D eigenvalue weighted by Crippen LogP contribution is 2.26. The Balaban J connectivity index is 2.03. The van der Waals surface area contributed by atoms with Gasteiger partial charge in [-0.05, 0) is 48.0 Å². The molecular weight excluding hydrogens is 302 g/mol. The summed E-state index contributed by atoms with van der Waals surface area (Å²) in [5.74, 6) is 0. The fourth-order valence-electron chi connectivity index (χ4n) is 1.40. The highest BCUT2D eigenvalue weighted by Gasteiger charge is 2.06. The lowest BCUT2D eigenvalue weighted by Crippen LogP contribution is -2.20. The summed E-state index contributed by atoms with van der Waals surface area (Å²) >= 11 is 5.25. The molecule has 0 bridgehead atoms. The molecular formula is C12H20BrNO2S. The number of hydrogen-bond donors (Lipinski definition) is 1. The highest BCUT2D eigenvalue weighted by atomic mass is 79.9. The molecule has 0 aliphatic rings. The molecule has 0 saturated heterocycles. The van der Waals surface area contributed by atoms with Crippen LogP contribution in [0.25, 0.3) is 0 Å². The minimum Gasteiger partial charge on any atom is -0.382 e. The molecule has 98 valence electrons. The van der Waals surface area contributed by atoms with E-state index in [0.717, 1.165) is 19.6 Å². The number of ether oxygens (including phenoxy) is 2. The summed E-state index contributed by atoms with van der Waals surface area (Å²) in [5, 5.41) is 3.48. The van der Waals surface area contributed by atoms with Crippen molar-refractivity contribution in [2.24, 2.45) is 0 Å². The van der Waals surface area contributed by atoms with Gasteiger partial charge in [0.05, 0.1) is 17.0 Å². The van der Waals surface area contributed by atoms with Crippen molar-refractivity contribution in [3.8, 4) is 0 Å². The second-order valence-electron chi connectivity index (χ2n) is 3.78. The maximum absolute atomic E-state index is 5.40. The number of methoxy groups -OCH3 is 1. The van der Waals surface area contributed by atoms with Gasteiger partial charge in [0.25, 0.3) is 0 Å². The maximum Gasteiger partial charge on any atom is 0.0701 e. The topological polar surface area (TPSA) is 30.5 Å². The van der Waals surface area contributed by atoms with Crippen LogP contribution in [-0.2, 0) is 9.47 Å². The molecule has 0 radical (unpaired) electrons. The van der Waals surface area contributed by atoms with Crippen LogP contribution < -0.4 is 5.32 Å². The van der Waals surface area contributed by atoms with Crippen molar-refractivity contribution in [3.05, 3.63) is 20.8 Å². The standard InChI is InChI=1S/C12H20BrNO2S/c1-10(11-4-5-12(13)17-11)14-6-3-7-16-9-8-15-2/h4-5,10,14H,3,6-9H2,1-2H3. The molecule has 0 amide bonds. The van der Waals surface area contributed by atoms with E-state index in [4.69, 9.17) is 9.47 Å². The molecule has 0 aliphatic carbocycles. The van der Waals surface area contributed by atoms with E-state index < -0.39 is 0 Å². The zero-order valence-corrected chi connectivity index (χ0v) is 12.8. The van der Waals surface area contributed by atoms with E-state index in [1.165, 1.54) is 8.66 Å². The molecule has 1 N–H and O–H groups in total. The van der Waals surface area contributed by atoms with Crippen LogP contribution in [0.5, 0.6) is 0 Å². The van der Waals surface area contributed by atoms with E-state index in [-0.39, 0.29) is 0 Å². The van der Waals surface area contributed by atoms with Crippen molar-refractivity contribution in [1.82, 2.24) is 5.32 Å². The third kappa shape index (κ3) is 6.52. The molecule has 3 nitrogen and oxygen atoms in total. The van der Waals surface area contributed by atoms with E-state index in [9.17, 15) is 0 Å². The first-order valence-corrected chi connectivity index (χ1v) is 7.40. The van der Waals surface area contributed by atoms with Gasteiger partial charge in [0.2, 0.25) is 0 Å². The van der Waals surface area contributed by atoms with Gasteiger partial charge in [0.1, 0.15) is 0 Å². The quantitative estimate of drug-likeness (QED) is 0.708. The Morgan fingerprint density at radius 2 is 2.18 bits per heavy atom. The van der Waals surface area contributed by atoms with Gasteiger partial charge in [-0.2, -0.15) is 0 Å². The fourth-order valence-corrected chi connectivity index (χ4v) is 2.85. The Labute approximate surface area is 116 Å². The Morgan fingerprint density at radius 3 is 2.82 bits per heavy atom. The summed E-state index contributed by atoms with van der Waals surface area (Å²) in [4.78, 5) is 1.36. The largest absolute Gasteiger partial charge is 0.382 e. The first-order valence-electron chi connectivity index (χ1n) is 5.79. The van der Waals surface area contributed by atoms with Gasteiger partial charge in [-0.25, -0.2) is 0 Å². The smallest absolute Gasteiger partial charge is 0.0701 e. The Kier molecular flexibility index (Phi) is 8.05. The van der Waals surface area contributed by atoms with Crippen LogP contribution in [0.2, 0.25) is 0 Å². The number of thiophene rings is 1. The van der Waals surface area contributed by atoms with Gasteiger partial charge in [-0.3, -0.25) is 0 Å². The average Bonchev–Trinajstić information content (AvgIpc) is 2.74. The molecule has 1 aromatic heterocycles. The summed E-state index contributed by atoms with van der Waals surface area (Å²) in [6, 6.07) is 4.65.